The Morgan fingerprint density at radius 2 is 1.24 bits per heavy atom. The first-order chi connectivity index (χ1) is 14.1. The van der Waals surface area contributed by atoms with Crippen LogP contribution in [0.1, 0.15) is 117 Å². The number of hydrogen-bond donors (Lipinski definition) is 2. The van der Waals surface area contributed by atoms with Crippen LogP contribution in [0.25, 0.3) is 0 Å². The van der Waals surface area contributed by atoms with E-state index < -0.39 is 5.97 Å². The van der Waals surface area contributed by atoms with Crippen LogP contribution in [-0.4, -0.2) is 48.5 Å². The quantitative estimate of drug-likeness (QED) is 0.293. The molecule has 0 aromatic rings. The van der Waals surface area contributed by atoms with Crippen LogP contribution in [0, 0.1) is 0 Å². The van der Waals surface area contributed by atoms with E-state index in [1.807, 2.05) is 6.34 Å². The van der Waals surface area contributed by atoms with Crippen molar-refractivity contribution >= 4 is 12.3 Å². The van der Waals surface area contributed by atoms with Crippen molar-refractivity contribution in [1.82, 2.24) is 4.90 Å². The summed E-state index contributed by atoms with van der Waals surface area (Å²) < 4.78 is 0. The summed E-state index contributed by atoms with van der Waals surface area (Å²) in [4.78, 5) is 15.2. The number of nitrogens with two attached hydrogens (primary N) is 1. The predicted molar refractivity (Wildman–Crippen MR) is 128 cm³/mol. The smallest absolute Gasteiger partial charge is 0.300 e. The van der Waals surface area contributed by atoms with Gasteiger partial charge in [0.15, 0.2) is 0 Å². The van der Waals surface area contributed by atoms with Gasteiger partial charge >= 0.3 is 0 Å². The Balaban J connectivity index is 0. The molecule has 0 radical (unpaired) electrons. The van der Waals surface area contributed by atoms with Crippen molar-refractivity contribution in [1.29, 1.82) is 0 Å². The minimum Gasteiger partial charge on any atom is -0.481 e. The normalized spacial score (nSPS) is 12.2. The lowest BCUT2D eigenvalue weighted by molar-refractivity contribution is -0.134. The highest BCUT2D eigenvalue weighted by Gasteiger charge is 1.98. The molecule has 0 saturated carbocycles. The van der Waals surface area contributed by atoms with Crippen LogP contribution in [0.2, 0.25) is 0 Å². The first-order valence-corrected chi connectivity index (χ1v) is 12.2. The second kappa shape index (κ2) is 26.9. The van der Waals surface area contributed by atoms with E-state index in [0.717, 1.165) is 33.1 Å². The van der Waals surface area contributed by atoms with Gasteiger partial charge in [-0.25, -0.2) is 0 Å². The second-order valence-electron chi connectivity index (χ2n) is 7.91. The number of carboxylic acid groups (broad SMARTS) is 1. The van der Waals surface area contributed by atoms with Crippen molar-refractivity contribution in [2.24, 2.45) is 10.7 Å². The molecule has 0 aliphatic carbocycles. The Morgan fingerprint density at radius 1 is 0.862 bits per heavy atom. The first-order valence-electron chi connectivity index (χ1n) is 12.2. The lowest BCUT2D eigenvalue weighted by atomic mass is 10.0. The number of carboxylic acids is 1. The van der Waals surface area contributed by atoms with Gasteiger partial charge in [-0.1, -0.05) is 96.8 Å². The standard InChI is InChI=1S/C17H37N.C5H10N2.C2H4O2/c1-2-3-4-5-6-7-8-9-10-11-12-13-14-15-16-17-18;1-2-7-4-3-6-5-7;1-2(3)4/h2-18H2,1H3;5H,2-4H2,1H3;1H3,(H,3,4). The zero-order valence-corrected chi connectivity index (χ0v) is 19.8. The number of aliphatic carboxylic acids is 1. The highest BCUT2D eigenvalue weighted by atomic mass is 16.4. The maximum atomic E-state index is 9.00. The molecule has 0 spiro atoms. The van der Waals surface area contributed by atoms with Gasteiger partial charge in [0, 0.05) is 20.0 Å². The third-order valence-corrected chi connectivity index (χ3v) is 4.98. The molecule has 1 aliphatic rings. The van der Waals surface area contributed by atoms with Gasteiger partial charge in [0.2, 0.25) is 0 Å². The molecule has 0 saturated heterocycles. The zero-order valence-electron chi connectivity index (χ0n) is 19.8. The molecule has 5 heteroatoms. The number of unbranched alkanes of at least 4 members (excludes halogenated alkanes) is 14. The number of rotatable bonds is 16. The van der Waals surface area contributed by atoms with Gasteiger partial charge in [0.1, 0.15) is 0 Å². The summed E-state index contributed by atoms with van der Waals surface area (Å²) in [5.41, 5.74) is 5.48. The van der Waals surface area contributed by atoms with E-state index in [4.69, 9.17) is 15.6 Å². The van der Waals surface area contributed by atoms with Gasteiger partial charge in [0.25, 0.3) is 5.97 Å². The molecule has 1 aliphatic heterocycles. The molecule has 0 bridgehead atoms. The molecule has 5 nitrogen and oxygen atoms in total. The second-order valence-corrected chi connectivity index (χ2v) is 7.91. The highest BCUT2D eigenvalue weighted by molar-refractivity contribution is 5.62. The van der Waals surface area contributed by atoms with E-state index in [2.05, 4.69) is 23.7 Å². The summed E-state index contributed by atoms with van der Waals surface area (Å²) in [6.45, 7) is 9.60. The summed E-state index contributed by atoms with van der Waals surface area (Å²) in [6, 6.07) is 0. The molecule has 29 heavy (non-hydrogen) atoms. The Morgan fingerprint density at radius 3 is 1.48 bits per heavy atom. The summed E-state index contributed by atoms with van der Waals surface area (Å²) in [5.74, 6) is -0.833. The van der Waals surface area contributed by atoms with Gasteiger partial charge < -0.3 is 15.7 Å². The van der Waals surface area contributed by atoms with E-state index in [0.29, 0.717) is 0 Å². The van der Waals surface area contributed by atoms with Gasteiger partial charge in [-0.05, 0) is 19.9 Å². The SMILES string of the molecule is CC(=O)O.CCCCCCCCCCCCCCCCCN.CCN1C=NCC1. The zero-order chi connectivity index (χ0) is 22.0. The van der Waals surface area contributed by atoms with Crippen molar-refractivity contribution in [3.05, 3.63) is 0 Å². The molecule has 1 rings (SSSR count). The number of hydrogen-bond acceptors (Lipinski definition) is 4. The molecular weight excluding hydrogens is 362 g/mol. The molecule has 0 aromatic heterocycles. The maximum Gasteiger partial charge on any atom is 0.300 e. The molecule has 0 fully saturated rings. The van der Waals surface area contributed by atoms with E-state index in [-0.39, 0.29) is 0 Å². The van der Waals surface area contributed by atoms with Gasteiger partial charge in [-0.15, -0.1) is 0 Å². The topological polar surface area (TPSA) is 78.9 Å². The minimum absolute atomic E-state index is 0.833. The number of likely N-dealkylation sites (N-methyl/N-ethyl adjacent to an activating group) is 1. The van der Waals surface area contributed by atoms with Crippen LogP contribution in [0.15, 0.2) is 4.99 Å². The van der Waals surface area contributed by atoms with Crippen LogP contribution in [-0.2, 0) is 4.79 Å². The van der Waals surface area contributed by atoms with Crippen LogP contribution in [0.3, 0.4) is 0 Å². The van der Waals surface area contributed by atoms with E-state index in [9.17, 15) is 0 Å². The monoisotopic (exact) mass is 413 g/mol. The van der Waals surface area contributed by atoms with Gasteiger partial charge in [-0.2, -0.15) is 0 Å². The van der Waals surface area contributed by atoms with Crippen LogP contribution in [0.4, 0.5) is 0 Å². The number of aliphatic imine (C=N–C) groups is 1. The maximum absolute atomic E-state index is 9.00. The van der Waals surface area contributed by atoms with Crippen molar-refractivity contribution < 1.29 is 9.90 Å². The molecule has 0 aromatic carbocycles. The number of carbonyl (C=O) groups is 1. The van der Waals surface area contributed by atoms with Crippen molar-refractivity contribution in [2.45, 2.75) is 117 Å². The first kappa shape index (κ1) is 30.1. The number of nitrogens with zero attached hydrogens (tertiary/aromatic N) is 2. The third kappa shape index (κ3) is 31.8. The van der Waals surface area contributed by atoms with Crippen LogP contribution >= 0.6 is 0 Å². The largest absolute Gasteiger partial charge is 0.481 e. The Hall–Kier alpha value is -1.10. The highest BCUT2D eigenvalue weighted by Crippen LogP contribution is 2.13. The van der Waals surface area contributed by atoms with Gasteiger partial charge in [0.05, 0.1) is 12.9 Å². The summed E-state index contributed by atoms with van der Waals surface area (Å²) in [6.07, 6.45) is 23.3. The fraction of sp³-hybridized carbons (Fsp3) is 0.917. The van der Waals surface area contributed by atoms with Crippen LogP contribution < -0.4 is 5.73 Å². The molecule has 0 amide bonds. The molecule has 1 heterocycles. The van der Waals surface area contributed by atoms with Crippen molar-refractivity contribution in [3.8, 4) is 0 Å². The summed E-state index contributed by atoms with van der Waals surface area (Å²) >= 11 is 0. The summed E-state index contributed by atoms with van der Waals surface area (Å²) in [5, 5.41) is 7.42. The predicted octanol–water partition coefficient (Wildman–Crippen LogP) is 6.26. The fourth-order valence-electron chi connectivity index (χ4n) is 3.17. The molecule has 0 atom stereocenters. The Bertz CT molecular complexity index is 329. The molecular formula is C24H51N3O2. The molecule has 3 N–H and O–H groups in total. The molecule has 0 unspecified atom stereocenters. The summed E-state index contributed by atoms with van der Waals surface area (Å²) in [7, 11) is 0. The Labute approximate surface area is 181 Å². The van der Waals surface area contributed by atoms with Crippen LogP contribution in [0.5, 0.6) is 0 Å². The van der Waals surface area contributed by atoms with Gasteiger partial charge in [-0.3, -0.25) is 9.79 Å². The Kier molecular flexibility index (Phi) is 27.9. The average molecular weight is 414 g/mol. The van der Waals surface area contributed by atoms with Crippen molar-refractivity contribution in [2.75, 3.05) is 26.2 Å². The van der Waals surface area contributed by atoms with E-state index in [1.165, 1.54) is 96.3 Å². The molecule has 174 valence electrons. The average Bonchev–Trinajstić information content (AvgIpc) is 3.22. The van der Waals surface area contributed by atoms with E-state index >= 15 is 0 Å². The minimum atomic E-state index is -0.833. The van der Waals surface area contributed by atoms with E-state index in [1.54, 1.807) is 0 Å². The van der Waals surface area contributed by atoms with Crippen molar-refractivity contribution in [3.63, 3.8) is 0 Å². The lowest BCUT2D eigenvalue weighted by Crippen LogP contribution is -2.18. The lowest BCUT2D eigenvalue weighted by Gasteiger charge is -2.07. The fourth-order valence-corrected chi connectivity index (χ4v) is 3.17. The third-order valence-electron chi connectivity index (χ3n) is 4.98.